The number of benzene rings is 2. The average Bonchev–Trinajstić information content (AvgIpc) is 2.82. The van der Waals surface area contributed by atoms with Crippen LogP contribution in [-0.4, -0.2) is 46.0 Å². The molecule has 7 nitrogen and oxygen atoms in total. The smallest absolute Gasteiger partial charge is 0.269 e. The number of amides is 1. The second kappa shape index (κ2) is 7.71. The van der Waals surface area contributed by atoms with Gasteiger partial charge in [0.25, 0.3) is 15.9 Å². The van der Waals surface area contributed by atoms with Gasteiger partial charge in [-0.1, -0.05) is 6.07 Å². The molecule has 0 radical (unpaired) electrons. The number of hydrogen-bond donors (Lipinski definition) is 0. The summed E-state index contributed by atoms with van der Waals surface area (Å²) < 4.78 is 42.5. The average molecular weight is 405 g/mol. The molecule has 0 unspecified atom stereocenters. The van der Waals surface area contributed by atoms with Crippen LogP contribution in [0.5, 0.6) is 17.2 Å². The van der Waals surface area contributed by atoms with Crippen molar-refractivity contribution in [1.29, 1.82) is 0 Å². The molecule has 1 aliphatic rings. The molecular formula is C20H23NO6S. The minimum atomic E-state index is -3.92. The Bertz CT molecular complexity index is 995. The molecule has 150 valence electrons. The van der Waals surface area contributed by atoms with E-state index in [2.05, 4.69) is 0 Å². The Morgan fingerprint density at radius 2 is 1.54 bits per heavy atom. The first-order valence-corrected chi connectivity index (χ1v) is 10.3. The van der Waals surface area contributed by atoms with E-state index in [4.69, 9.17) is 14.2 Å². The summed E-state index contributed by atoms with van der Waals surface area (Å²) in [6.07, 6.45) is 0.375. The van der Waals surface area contributed by atoms with E-state index in [-0.39, 0.29) is 22.8 Å². The molecule has 0 saturated carbocycles. The molecule has 3 rings (SSSR count). The molecule has 0 N–H and O–H groups in total. The van der Waals surface area contributed by atoms with Crippen LogP contribution in [-0.2, 0) is 10.0 Å². The minimum absolute atomic E-state index is 0.0330. The van der Waals surface area contributed by atoms with Crippen LogP contribution < -0.4 is 14.2 Å². The Morgan fingerprint density at radius 3 is 2.14 bits per heavy atom. The van der Waals surface area contributed by atoms with Crippen LogP contribution in [0.3, 0.4) is 0 Å². The van der Waals surface area contributed by atoms with E-state index in [1.165, 1.54) is 26.4 Å². The van der Waals surface area contributed by atoms with E-state index < -0.39 is 15.9 Å². The van der Waals surface area contributed by atoms with Crippen molar-refractivity contribution in [2.75, 3.05) is 27.4 Å². The fourth-order valence-electron chi connectivity index (χ4n) is 3.24. The van der Waals surface area contributed by atoms with Gasteiger partial charge >= 0.3 is 0 Å². The van der Waals surface area contributed by atoms with Gasteiger partial charge in [-0.2, -0.15) is 0 Å². The van der Waals surface area contributed by atoms with Gasteiger partial charge in [-0.3, -0.25) is 4.79 Å². The summed E-state index contributed by atoms with van der Waals surface area (Å²) in [6, 6.07) is 8.61. The Morgan fingerprint density at radius 1 is 0.929 bits per heavy atom. The number of fused-ring (bicyclic) bond motifs is 1. The standard InChI is InChI=1S/C20H23NO6S/c1-13-8-14(2)10-15(9-13)27-7-5-6-21-20(22)16-11-17(25-3)18(26-4)12-19(16)28(21,23)24/h8-12H,5-7H2,1-4H3. The Kier molecular flexibility index (Phi) is 5.51. The molecule has 2 aromatic carbocycles. The molecule has 0 atom stereocenters. The maximum absolute atomic E-state index is 12.8. The van der Waals surface area contributed by atoms with Gasteiger partial charge in [-0.05, 0) is 43.2 Å². The maximum atomic E-state index is 12.8. The van der Waals surface area contributed by atoms with Crippen molar-refractivity contribution in [1.82, 2.24) is 4.31 Å². The SMILES string of the molecule is COc1cc2c(cc1OC)S(=O)(=O)N(CCCOc1cc(C)cc(C)c1)C2=O. The van der Waals surface area contributed by atoms with Gasteiger partial charge in [0, 0.05) is 19.0 Å². The molecule has 0 aliphatic carbocycles. The number of hydrogen-bond acceptors (Lipinski definition) is 6. The second-order valence-electron chi connectivity index (χ2n) is 6.61. The van der Waals surface area contributed by atoms with Crippen LogP contribution in [0.25, 0.3) is 0 Å². The van der Waals surface area contributed by atoms with Crippen molar-refractivity contribution in [3.8, 4) is 17.2 Å². The predicted octanol–water partition coefficient (Wildman–Crippen LogP) is 2.93. The van der Waals surface area contributed by atoms with Gasteiger partial charge in [-0.15, -0.1) is 0 Å². The molecule has 8 heteroatoms. The first-order chi connectivity index (χ1) is 13.3. The molecule has 1 aliphatic heterocycles. The zero-order valence-electron chi connectivity index (χ0n) is 16.3. The van der Waals surface area contributed by atoms with Crippen molar-refractivity contribution < 1.29 is 27.4 Å². The number of ether oxygens (including phenoxy) is 3. The fraction of sp³-hybridized carbons (Fsp3) is 0.350. The number of carbonyl (C=O) groups excluding carboxylic acids is 1. The van der Waals surface area contributed by atoms with Crippen LogP contribution >= 0.6 is 0 Å². The number of rotatable bonds is 7. The highest BCUT2D eigenvalue weighted by atomic mass is 32.2. The van der Waals surface area contributed by atoms with Crippen molar-refractivity contribution in [2.24, 2.45) is 0 Å². The van der Waals surface area contributed by atoms with Crippen LogP contribution in [0.4, 0.5) is 0 Å². The highest BCUT2D eigenvalue weighted by Crippen LogP contribution is 2.38. The summed E-state index contributed by atoms with van der Waals surface area (Å²) in [5.74, 6) is 0.732. The van der Waals surface area contributed by atoms with Crippen LogP contribution in [0.15, 0.2) is 35.2 Å². The molecule has 0 saturated heterocycles. The first-order valence-electron chi connectivity index (χ1n) is 8.82. The molecule has 1 amide bonds. The lowest BCUT2D eigenvalue weighted by Gasteiger charge is -2.15. The van der Waals surface area contributed by atoms with E-state index in [1.54, 1.807) is 0 Å². The Hall–Kier alpha value is -2.74. The maximum Gasteiger partial charge on any atom is 0.269 e. The van der Waals surface area contributed by atoms with Crippen molar-refractivity contribution in [3.05, 3.63) is 47.0 Å². The first kappa shape index (κ1) is 20.0. The number of sulfonamides is 1. The lowest BCUT2D eigenvalue weighted by molar-refractivity contribution is 0.0866. The summed E-state index contributed by atoms with van der Waals surface area (Å²) >= 11 is 0. The number of nitrogens with zero attached hydrogens (tertiary/aromatic N) is 1. The van der Waals surface area contributed by atoms with E-state index in [0.717, 1.165) is 21.2 Å². The second-order valence-corrected chi connectivity index (χ2v) is 8.44. The van der Waals surface area contributed by atoms with Crippen LogP contribution in [0.1, 0.15) is 27.9 Å². The normalized spacial score (nSPS) is 14.7. The zero-order valence-corrected chi connectivity index (χ0v) is 17.1. The monoisotopic (exact) mass is 405 g/mol. The third kappa shape index (κ3) is 3.64. The molecule has 0 spiro atoms. The lowest BCUT2D eigenvalue weighted by atomic mass is 10.1. The van der Waals surface area contributed by atoms with Gasteiger partial charge in [0.1, 0.15) is 10.6 Å². The number of aryl methyl sites for hydroxylation is 2. The van der Waals surface area contributed by atoms with E-state index >= 15 is 0 Å². The van der Waals surface area contributed by atoms with Gasteiger partial charge in [0.2, 0.25) is 0 Å². The predicted molar refractivity (Wildman–Crippen MR) is 104 cm³/mol. The van der Waals surface area contributed by atoms with Crippen molar-refractivity contribution >= 4 is 15.9 Å². The molecule has 2 aromatic rings. The topological polar surface area (TPSA) is 82.1 Å². The molecule has 28 heavy (non-hydrogen) atoms. The molecular weight excluding hydrogens is 382 g/mol. The van der Waals surface area contributed by atoms with Gasteiger partial charge in [0.15, 0.2) is 11.5 Å². The number of carbonyl (C=O) groups is 1. The molecule has 1 heterocycles. The van der Waals surface area contributed by atoms with E-state index in [9.17, 15) is 13.2 Å². The third-order valence-electron chi connectivity index (χ3n) is 4.48. The summed E-state index contributed by atoms with van der Waals surface area (Å²) in [7, 11) is -1.08. The highest BCUT2D eigenvalue weighted by molar-refractivity contribution is 7.90. The van der Waals surface area contributed by atoms with E-state index in [0.29, 0.717) is 18.8 Å². The zero-order chi connectivity index (χ0) is 20.5. The summed E-state index contributed by atoms with van der Waals surface area (Å²) in [5.41, 5.74) is 2.27. The van der Waals surface area contributed by atoms with Gasteiger partial charge in [-0.25, -0.2) is 12.7 Å². The Labute approximate surface area is 164 Å². The lowest BCUT2D eigenvalue weighted by Crippen LogP contribution is -2.31. The van der Waals surface area contributed by atoms with Gasteiger partial charge in [0.05, 0.1) is 26.4 Å². The highest BCUT2D eigenvalue weighted by Gasteiger charge is 2.42. The molecule has 0 bridgehead atoms. The molecule has 0 fully saturated rings. The minimum Gasteiger partial charge on any atom is -0.494 e. The van der Waals surface area contributed by atoms with Crippen molar-refractivity contribution in [2.45, 2.75) is 25.2 Å². The third-order valence-corrected chi connectivity index (χ3v) is 6.30. The van der Waals surface area contributed by atoms with Crippen LogP contribution in [0.2, 0.25) is 0 Å². The fourth-order valence-corrected chi connectivity index (χ4v) is 4.84. The quantitative estimate of drug-likeness (QED) is 0.659. The summed E-state index contributed by atoms with van der Waals surface area (Å²) in [4.78, 5) is 12.6. The number of methoxy groups -OCH3 is 2. The largest absolute Gasteiger partial charge is 0.494 e. The van der Waals surface area contributed by atoms with E-state index in [1.807, 2.05) is 32.0 Å². The van der Waals surface area contributed by atoms with Crippen LogP contribution in [0, 0.1) is 13.8 Å². The van der Waals surface area contributed by atoms with Gasteiger partial charge < -0.3 is 14.2 Å². The van der Waals surface area contributed by atoms with Crippen molar-refractivity contribution in [3.63, 3.8) is 0 Å². The summed E-state index contributed by atoms with van der Waals surface area (Å²) in [6.45, 7) is 4.29. The Balaban J connectivity index is 1.72. The summed E-state index contributed by atoms with van der Waals surface area (Å²) in [5, 5.41) is 0. The molecule has 0 aromatic heterocycles.